The summed E-state index contributed by atoms with van der Waals surface area (Å²) in [7, 11) is -3.56. The average Bonchev–Trinajstić information content (AvgIpc) is 2.29. The first-order valence-electron chi connectivity index (χ1n) is 5.34. The SMILES string of the molecule is CC1CN(S(=O)(=O)c2cccnc2N)CCO1. The van der Waals surface area contributed by atoms with Gasteiger partial charge in [0.25, 0.3) is 0 Å². The number of rotatable bonds is 2. The van der Waals surface area contributed by atoms with E-state index < -0.39 is 10.0 Å². The summed E-state index contributed by atoms with van der Waals surface area (Å²) < 4.78 is 31.3. The van der Waals surface area contributed by atoms with Gasteiger partial charge >= 0.3 is 0 Å². The molecule has 1 fully saturated rings. The number of nitrogen functional groups attached to an aromatic ring is 1. The van der Waals surface area contributed by atoms with Crippen LogP contribution >= 0.6 is 0 Å². The van der Waals surface area contributed by atoms with Gasteiger partial charge in [0, 0.05) is 19.3 Å². The zero-order chi connectivity index (χ0) is 12.5. The first-order chi connectivity index (χ1) is 8.01. The Hall–Kier alpha value is -1.18. The van der Waals surface area contributed by atoms with E-state index in [0.29, 0.717) is 19.7 Å². The maximum Gasteiger partial charge on any atom is 0.246 e. The lowest BCUT2D eigenvalue weighted by Crippen LogP contribution is -2.44. The molecule has 1 atom stereocenters. The molecule has 0 aromatic carbocycles. The highest BCUT2D eigenvalue weighted by molar-refractivity contribution is 7.89. The smallest absolute Gasteiger partial charge is 0.246 e. The highest BCUT2D eigenvalue weighted by Gasteiger charge is 2.30. The van der Waals surface area contributed by atoms with Crippen molar-refractivity contribution in [1.82, 2.24) is 9.29 Å². The molecule has 0 radical (unpaired) electrons. The van der Waals surface area contributed by atoms with E-state index in [4.69, 9.17) is 10.5 Å². The number of nitrogens with two attached hydrogens (primary N) is 1. The standard InChI is InChI=1S/C10H15N3O3S/c1-8-7-13(5-6-16-8)17(14,15)9-3-2-4-12-10(9)11/h2-4,8H,5-7H2,1H3,(H2,11,12). The molecule has 7 heteroatoms. The predicted octanol–water partition coefficient (Wildman–Crippen LogP) is 0.0732. The molecule has 1 aliphatic rings. The second kappa shape index (κ2) is 4.59. The summed E-state index contributed by atoms with van der Waals surface area (Å²) >= 11 is 0. The molecule has 6 nitrogen and oxygen atoms in total. The summed E-state index contributed by atoms with van der Waals surface area (Å²) in [5.74, 6) is 0.0339. The molecule has 1 aromatic heterocycles. The van der Waals surface area contributed by atoms with Gasteiger partial charge in [-0.3, -0.25) is 0 Å². The number of nitrogens with zero attached hydrogens (tertiary/aromatic N) is 2. The Bertz CT molecular complexity index is 503. The van der Waals surface area contributed by atoms with Gasteiger partial charge < -0.3 is 10.5 Å². The third-order valence-electron chi connectivity index (χ3n) is 2.62. The van der Waals surface area contributed by atoms with Crippen LogP contribution in [0.2, 0.25) is 0 Å². The molecule has 0 saturated carbocycles. The molecule has 1 unspecified atom stereocenters. The molecule has 1 aromatic rings. The number of aromatic nitrogens is 1. The zero-order valence-corrected chi connectivity index (χ0v) is 10.4. The lowest BCUT2D eigenvalue weighted by molar-refractivity contribution is 0.0102. The third kappa shape index (κ3) is 2.41. The minimum atomic E-state index is -3.56. The lowest BCUT2D eigenvalue weighted by Gasteiger charge is -2.30. The van der Waals surface area contributed by atoms with E-state index in [9.17, 15) is 8.42 Å². The molecule has 0 spiro atoms. The van der Waals surface area contributed by atoms with Crippen molar-refractivity contribution >= 4 is 15.8 Å². The molecule has 0 aliphatic carbocycles. The van der Waals surface area contributed by atoms with E-state index in [2.05, 4.69) is 4.98 Å². The van der Waals surface area contributed by atoms with Crippen molar-refractivity contribution in [3.63, 3.8) is 0 Å². The number of morpholine rings is 1. The summed E-state index contributed by atoms with van der Waals surface area (Å²) in [6.45, 7) is 2.94. The van der Waals surface area contributed by atoms with Crippen LogP contribution in [0, 0.1) is 0 Å². The van der Waals surface area contributed by atoms with Crippen LogP contribution in [0.25, 0.3) is 0 Å². The topological polar surface area (TPSA) is 85.5 Å². The minimum Gasteiger partial charge on any atom is -0.383 e. The van der Waals surface area contributed by atoms with Gasteiger partial charge in [0.1, 0.15) is 10.7 Å². The Morgan fingerprint density at radius 3 is 3.00 bits per heavy atom. The van der Waals surface area contributed by atoms with Crippen LogP contribution in [0.5, 0.6) is 0 Å². The highest BCUT2D eigenvalue weighted by Crippen LogP contribution is 2.21. The second-order valence-electron chi connectivity index (χ2n) is 3.93. The first kappa shape index (κ1) is 12.3. The van der Waals surface area contributed by atoms with Crippen molar-refractivity contribution in [2.24, 2.45) is 0 Å². The molecule has 94 valence electrons. The van der Waals surface area contributed by atoms with Crippen molar-refractivity contribution in [1.29, 1.82) is 0 Å². The fraction of sp³-hybridized carbons (Fsp3) is 0.500. The Balaban J connectivity index is 2.33. The number of sulfonamides is 1. The van der Waals surface area contributed by atoms with Crippen molar-refractivity contribution in [2.45, 2.75) is 17.9 Å². The van der Waals surface area contributed by atoms with E-state index in [0.717, 1.165) is 0 Å². The van der Waals surface area contributed by atoms with Gasteiger partial charge in [0.15, 0.2) is 0 Å². The summed E-state index contributed by atoms with van der Waals surface area (Å²) in [6.07, 6.45) is 1.37. The van der Waals surface area contributed by atoms with Gasteiger partial charge in [-0.1, -0.05) is 0 Å². The van der Waals surface area contributed by atoms with Crippen molar-refractivity contribution in [2.75, 3.05) is 25.4 Å². The normalized spacial score (nSPS) is 22.5. The van der Waals surface area contributed by atoms with Crippen LogP contribution < -0.4 is 5.73 Å². The lowest BCUT2D eigenvalue weighted by atomic mass is 10.3. The van der Waals surface area contributed by atoms with E-state index in [-0.39, 0.29) is 16.8 Å². The van der Waals surface area contributed by atoms with Crippen LogP contribution in [-0.4, -0.2) is 43.5 Å². The Kier molecular flexibility index (Phi) is 3.32. The number of hydrogen-bond acceptors (Lipinski definition) is 5. The largest absolute Gasteiger partial charge is 0.383 e. The van der Waals surface area contributed by atoms with Gasteiger partial charge in [0.05, 0.1) is 12.7 Å². The van der Waals surface area contributed by atoms with Crippen LogP contribution in [0.3, 0.4) is 0 Å². The molecule has 17 heavy (non-hydrogen) atoms. The number of anilines is 1. The van der Waals surface area contributed by atoms with Gasteiger partial charge in [-0.2, -0.15) is 4.31 Å². The summed E-state index contributed by atoms with van der Waals surface area (Å²) in [6, 6.07) is 3.03. The summed E-state index contributed by atoms with van der Waals surface area (Å²) in [4.78, 5) is 3.86. The molecule has 2 rings (SSSR count). The quantitative estimate of drug-likeness (QED) is 0.810. The molecule has 1 aliphatic heterocycles. The third-order valence-corrected chi connectivity index (χ3v) is 4.53. The number of ether oxygens (including phenoxy) is 1. The van der Waals surface area contributed by atoms with E-state index in [1.165, 1.54) is 16.6 Å². The van der Waals surface area contributed by atoms with Gasteiger partial charge in [-0.25, -0.2) is 13.4 Å². The van der Waals surface area contributed by atoms with E-state index >= 15 is 0 Å². The van der Waals surface area contributed by atoms with Crippen LogP contribution in [0.4, 0.5) is 5.82 Å². The van der Waals surface area contributed by atoms with E-state index in [1.807, 2.05) is 6.92 Å². The highest BCUT2D eigenvalue weighted by atomic mass is 32.2. The molecule has 1 saturated heterocycles. The van der Waals surface area contributed by atoms with E-state index in [1.54, 1.807) is 6.07 Å². The van der Waals surface area contributed by atoms with Crippen molar-refractivity contribution in [3.8, 4) is 0 Å². The minimum absolute atomic E-state index is 0.0339. The molecule has 2 N–H and O–H groups in total. The summed E-state index contributed by atoms with van der Waals surface area (Å²) in [5, 5.41) is 0. The van der Waals surface area contributed by atoms with Gasteiger partial charge in [-0.15, -0.1) is 0 Å². The summed E-state index contributed by atoms with van der Waals surface area (Å²) in [5.41, 5.74) is 5.60. The fourth-order valence-corrected chi connectivity index (χ4v) is 3.33. The Labute approximate surface area is 100 Å². The van der Waals surface area contributed by atoms with Crippen molar-refractivity contribution < 1.29 is 13.2 Å². The van der Waals surface area contributed by atoms with Gasteiger partial charge in [-0.05, 0) is 19.1 Å². The number of pyridine rings is 1. The average molecular weight is 257 g/mol. The molecule has 0 amide bonds. The van der Waals surface area contributed by atoms with Crippen molar-refractivity contribution in [3.05, 3.63) is 18.3 Å². The molecule has 0 bridgehead atoms. The monoisotopic (exact) mass is 257 g/mol. The van der Waals surface area contributed by atoms with Crippen LogP contribution in [-0.2, 0) is 14.8 Å². The first-order valence-corrected chi connectivity index (χ1v) is 6.78. The molecule has 2 heterocycles. The molecular formula is C10H15N3O3S. The van der Waals surface area contributed by atoms with Crippen LogP contribution in [0.15, 0.2) is 23.2 Å². The predicted molar refractivity (Wildman–Crippen MR) is 62.8 cm³/mol. The Morgan fingerprint density at radius 1 is 1.59 bits per heavy atom. The van der Waals surface area contributed by atoms with Gasteiger partial charge in [0.2, 0.25) is 10.0 Å². The second-order valence-corrected chi connectivity index (χ2v) is 5.84. The fourth-order valence-electron chi connectivity index (χ4n) is 1.76. The zero-order valence-electron chi connectivity index (χ0n) is 9.54. The maximum atomic E-state index is 12.3. The number of hydrogen-bond donors (Lipinski definition) is 1. The molecular weight excluding hydrogens is 242 g/mol. The van der Waals surface area contributed by atoms with Crippen LogP contribution in [0.1, 0.15) is 6.92 Å². The Morgan fingerprint density at radius 2 is 2.35 bits per heavy atom. The maximum absolute atomic E-state index is 12.3.